The van der Waals surface area contributed by atoms with Crippen molar-refractivity contribution in [3.63, 3.8) is 0 Å². The van der Waals surface area contributed by atoms with Gasteiger partial charge in [-0.15, -0.1) is 35.3 Å². The van der Waals surface area contributed by atoms with Crippen molar-refractivity contribution >= 4 is 41.3 Å². The van der Waals surface area contributed by atoms with E-state index in [-0.39, 0.29) is 24.0 Å². The second-order valence-corrected chi connectivity index (χ2v) is 6.60. The summed E-state index contributed by atoms with van der Waals surface area (Å²) in [6, 6.07) is 5.83. The van der Waals surface area contributed by atoms with Crippen LogP contribution in [0.1, 0.15) is 15.4 Å². The number of aliphatic imine (C=N–C) groups is 1. The number of halogens is 1. The molecule has 0 fully saturated rings. The first-order valence-corrected chi connectivity index (χ1v) is 8.43. The van der Waals surface area contributed by atoms with Gasteiger partial charge < -0.3 is 19.7 Å². The van der Waals surface area contributed by atoms with Crippen molar-refractivity contribution in [1.82, 2.24) is 15.2 Å². The van der Waals surface area contributed by atoms with Crippen LogP contribution in [0.3, 0.4) is 0 Å². The quantitative estimate of drug-likeness (QED) is 0.394. The average molecular weight is 476 g/mol. The van der Waals surface area contributed by atoms with Gasteiger partial charge in [0.05, 0.1) is 25.8 Å². The molecule has 0 radical (unpaired) electrons. The number of aromatic nitrogens is 1. The van der Waals surface area contributed by atoms with Crippen LogP contribution in [0.15, 0.2) is 29.4 Å². The van der Waals surface area contributed by atoms with E-state index < -0.39 is 0 Å². The standard InChI is InChI=1S/C17H24N4O2S.HI/c1-12-19-9-15(24-12)10-20-17(18-2)21(3)11-13-6-7-14(22-4)8-16(13)23-5;/h6-9H,10-11H2,1-5H3,(H,18,20);1H. The number of aryl methyl sites for hydroxylation is 1. The van der Waals surface area contributed by atoms with Gasteiger partial charge in [-0.3, -0.25) is 4.99 Å². The van der Waals surface area contributed by atoms with Crippen LogP contribution in [-0.2, 0) is 13.1 Å². The minimum Gasteiger partial charge on any atom is -0.497 e. The Morgan fingerprint density at radius 2 is 2.08 bits per heavy atom. The van der Waals surface area contributed by atoms with Gasteiger partial charge in [-0.2, -0.15) is 0 Å². The Balaban J connectivity index is 0.00000312. The molecule has 0 bridgehead atoms. The van der Waals surface area contributed by atoms with Gasteiger partial charge in [0.1, 0.15) is 11.5 Å². The van der Waals surface area contributed by atoms with E-state index in [1.165, 1.54) is 4.88 Å². The highest BCUT2D eigenvalue weighted by Crippen LogP contribution is 2.25. The fraction of sp³-hybridized carbons (Fsp3) is 0.412. The molecule has 0 spiro atoms. The fourth-order valence-corrected chi connectivity index (χ4v) is 3.09. The zero-order chi connectivity index (χ0) is 17.5. The Labute approximate surface area is 170 Å². The topological polar surface area (TPSA) is 59.0 Å². The number of guanidine groups is 1. The smallest absolute Gasteiger partial charge is 0.193 e. The van der Waals surface area contributed by atoms with Gasteiger partial charge in [0.25, 0.3) is 0 Å². The number of hydrogen-bond donors (Lipinski definition) is 1. The van der Waals surface area contributed by atoms with Crippen molar-refractivity contribution in [3.05, 3.63) is 39.8 Å². The lowest BCUT2D eigenvalue weighted by Gasteiger charge is -2.23. The molecule has 2 rings (SSSR count). The lowest BCUT2D eigenvalue weighted by Crippen LogP contribution is -2.37. The zero-order valence-corrected chi connectivity index (χ0v) is 18.3. The normalized spacial score (nSPS) is 10.8. The van der Waals surface area contributed by atoms with Crippen LogP contribution >= 0.6 is 35.3 Å². The molecular formula is C17H25IN4O2S. The van der Waals surface area contributed by atoms with Crippen molar-refractivity contribution in [2.24, 2.45) is 4.99 Å². The third-order valence-corrected chi connectivity index (χ3v) is 4.48. The molecule has 0 saturated heterocycles. The number of ether oxygens (including phenoxy) is 2. The molecule has 0 unspecified atom stereocenters. The van der Waals surface area contributed by atoms with E-state index in [1.807, 2.05) is 38.4 Å². The molecule has 8 heteroatoms. The molecule has 0 atom stereocenters. The Bertz CT molecular complexity index is 706. The van der Waals surface area contributed by atoms with E-state index in [0.29, 0.717) is 13.1 Å². The largest absolute Gasteiger partial charge is 0.497 e. The summed E-state index contributed by atoms with van der Waals surface area (Å²) in [7, 11) is 7.09. The first-order chi connectivity index (χ1) is 11.6. The van der Waals surface area contributed by atoms with Crippen LogP contribution in [0.2, 0.25) is 0 Å². The number of rotatable bonds is 6. The number of hydrogen-bond acceptors (Lipinski definition) is 5. The summed E-state index contributed by atoms with van der Waals surface area (Å²) >= 11 is 1.69. The van der Waals surface area contributed by atoms with Gasteiger partial charge >= 0.3 is 0 Å². The second-order valence-electron chi connectivity index (χ2n) is 5.28. The van der Waals surface area contributed by atoms with Gasteiger partial charge in [-0.05, 0) is 19.1 Å². The molecule has 2 aromatic rings. The van der Waals surface area contributed by atoms with Crippen molar-refractivity contribution in [2.45, 2.75) is 20.0 Å². The molecule has 0 aliphatic carbocycles. The number of nitrogens with one attached hydrogen (secondary N) is 1. The highest BCUT2D eigenvalue weighted by molar-refractivity contribution is 14.0. The molecule has 0 amide bonds. The highest BCUT2D eigenvalue weighted by Gasteiger charge is 2.11. The van der Waals surface area contributed by atoms with E-state index >= 15 is 0 Å². The molecule has 25 heavy (non-hydrogen) atoms. The third-order valence-electron chi connectivity index (χ3n) is 3.57. The van der Waals surface area contributed by atoms with Gasteiger partial charge in [-0.1, -0.05) is 0 Å². The van der Waals surface area contributed by atoms with E-state index in [0.717, 1.165) is 28.0 Å². The molecule has 138 valence electrons. The predicted octanol–water partition coefficient (Wildman–Crippen LogP) is 3.29. The molecule has 1 aromatic heterocycles. The second kappa shape index (κ2) is 10.4. The van der Waals surface area contributed by atoms with Crippen LogP contribution in [0.25, 0.3) is 0 Å². The minimum absolute atomic E-state index is 0. The predicted molar refractivity (Wildman–Crippen MR) is 113 cm³/mol. The van der Waals surface area contributed by atoms with E-state index in [2.05, 4.69) is 20.2 Å². The van der Waals surface area contributed by atoms with Crippen molar-refractivity contribution in [3.8, 4) is 11.5 Å². The maximum absolute atomic E-state index is 5.46. The molecular weight excluding hydrogens is 451 g/mol. The summed E-state index contributed by atoms with van der Waals surface area (Å²) < 4.78 is 10.7. The molecule has 6 nitrogen and oxygen atoms in total. The van der Waals surface area contributed by atoms with Crippen molar-refractivity contribution in [1.29, 1.82) is 0 Å². The molecule has 1 N–H and O–H groups in total. The number of benzene rings is 1. The minimum atomic E-state index is 0. The number of thiazole rings is 1. The SMILES string of the molecule is CN=C(NCc1cnc(C)s1)N(C)Cc1ccc(OC)cc1OC.I. The van der Waals surface area contributed by atoms with Crippen LogP contribution in [0.5, 0.6) is 11.5 Å². The number of methoxy groups -OCH3 is 2. The molecule has 0 saturated carbocycles. The summed E-state index contributed by atoms with van der Waals surface area (Å²) in [5, 5.41) is 4.43. The monoisotopic (exact) mass is 476 g/mol. The van der Waals surface area contributed by atoms with Crippen LogP contribution in [-0.4, -0.2) is 44.2 Å². The summed E-state index contributed by atoms with van der Waals surface area (Å²) in [5.74, 6) is 2.40. The summed E-state index contributed by atoms with van der Waals surface area (Å²) in [4.78, 5) is 11.9. The average Bonchev–Trinajstić information content (AvgIpc) is 3.01. The summed E-state index contributed by atoms with van der Waals surface area (Å²) in [6.07, 6.45) is 1.90. The Hall–Kier alpha value is -1.55. The third kappa shape index (κ3) is 6.03. The van der Waals surface area contributed by atoms with E-state index in [1.54, 1.807) is 32.6 Å². The van der Waals surface area contributed by atoms with Crippen molar-refractivity contribution in [2.75, 3.05) is 28.3 Å². The fourth-order valence-electron chi connectivity index (χ4n) is 2.35. The van der Waals surface area contributed by atoms with Crippen molar-refractivity contribution < 1.29 is 9.47 Å². The molecule has 1 heterocycles. The van der Waals surface area contributed by atoms with Crippen LogP contribution in [0, 0.1) is 6.92 Å². The van der Waals surface area contributed by atoms with Gasteiger partial charge in [0, 0.05) is 43.3 Å². The van der Waals surface area contributed by atoms with Crippen LogP contribution in [0.4, 0.5) is 0 Å². The Kier molecular flexibility index (Phi) is 8.98. The molecule has 0 aliphatic heterocycles. The highest BCUT2D eigenvalue weighted by atomic mass is 127. The van der Waals surface area contributed by atoms with Gasteiger partial charge in [0.2, 0.25) is 0 Å². The summed E-state index contributed by atoms with van der Waals surface area (Å²) in [5.41, 5.74) is 1.07. The maximum Gasteiger partial charge on any atom is 0.193 e. The lowest BCUT2D eigenvalue weighted by atomic mass is 10.2. The first kappa shape index (κ1) is 21.5. The first-order valence-electron chi connectivity index (χ1n) is 7.61. The molecule has 1 aromatic carbocycles. The van der Waals surface area contributed by atoms with Crippen LogP contribution < -0.4 is 14.8 Å². The zero-order valence-electron chi connectivity index (χ0n) is 15.2. The Morgan fingerprint density at radius 3 is 2.64 bits per heavy atom. The van der Waals surface area contributed by atoms with Gasteiger partial charge in [-0.25, -0.2) is 4.98 Å². The summed E-state index contributed by atoms with van der Waals surface area (Å²) in [6.45, 7) is 3.39. The molecule has 0 aliphatic rings. The van der Waals surface area contributed by atoms with Gasteiger partial charge in [0.15, 0.2) is 5.96 Å². The maximum atomic E-state index is 5.46. The van der Waals surface area contributed by atoms with E-state index in [9.17, 15) is 0 Å². The lowest BCUT2D eigenvalue weighted by molar-refractivity contribution is 0.382. The Morgan fingerprint density at radius 1 is 1.32 bits per heavy atom. The number of nitrogens with zero attached hydrogens (tertiary/aromatic N) is 3. The van der Waals surface area contributed by atoms with E-state index in [4.69, 9.17) is 9.47 Å².